The highest BCUT2D eigenvalue weighted by Crippen LogP contribution is 2.65. The Labute approximate surface area is 141 Å². The average molecular weight is 393 g/mol. The number of piperazine rings is 1. The number of fused-ring (bicyclic) bond motifs is 2. The number of carbonyl (C=O) groups excluding carboxylic acids is 1. The summed E-state index contributed by atoms with van der Waals surface area (Å²) in [6.45, 7) is 6.64. The van der Waals surface area contributed by atoms with Crippen molar-refractivity contribution < 1.29 is 13.2 Å². The number of Topliss-reactive ketones (excluding diaryl/α,β-unsaturated/α-hetero) is 1. The number of alkyl halides is 1. The molecule has 0 N–H and O–H groups in total. The Hall–Kier alpha value is 0.0200. The molecule has 3 aliphatic rings. The van der Waals surface area contributed by atoms with Crippen molar-refractivity contribution in [3.05, 3.63) is 0 Å². The molecule has 0 aromatic rings. The van der Waals surface area contributed by atoms with E-state index >= 15 is 0 Å². The van der Waals surface area contributed by atoms with Gasteiger partial charge in [0.2, 0.25) is 10.0 Å². The Morgan fingerprint density at radius 1 is 1.23 bits per heavy atom. The molecule has 0 radical (unpaired) electrons. The molecule has 7 heteroatoms. The van der Waals surface area contributed by atoms with Crippen molar-refractivity contribution in [1.82, 2.24) is 9.21 Å². The zero-order valence-electron chi connectivity index (χ0n) is 13.5. The van der Waals surface area contributed by atoms with E-state index in [2.05, 4.69) is 20.8 Å². The maximum absolute atomic E-state index is 12.9. The van der Waals surface area contributed by atoms with Crippen LogP contribution in [0.25, 0.3) is 0 Å². The van der Waals surface area contributed by atoms with Gasteiger partial charge in [-0.2, -0.15) is 4.31 Å². The maximum atomic E-state index is 12.9. The third kappa shape index (κ3) is 2.23. The van der Waals surface area contributed by atoms with E-state index in [-0.39, 0.29) is 22.3 Å². The maximum Gasteiger partial charge on any atom is 0.214 e. The molecule has 2 aliphatic carbocycles. The van der Waals surface area contributed by atoms with Gasteiger partial charge in [-0.05, 0) is 31.2 Å². The van der Waals surface area contributed by atoms with Gasteiger partial charge in [0, 0.05) is 31.6 Å². The Morgan fingerprint density at radius 2 is 1.82 bits per heavy atom. The van der Waals surface area contributed by atoms with Gasteiger partial charge in [0.15, 0.2) is 5.78 Å². The second kappa shape index (κ2) is 5.26. The van der Waals surface area contributed by atoms with Gasteiger partial charge in [-0.1, -0.05) is 29.8 Å². The lowest BCUT2D eigenvalue weighted by Crippen LogP contribution is -2.51. The molecule has 0 aromatic carbocycles. The first-order valence-electron chi connectivity index (χ1n) is 7.97. The first kappa shape index (κ1) is 16.9. The van der Waals surface area contributed by atoms with Crippen LogP contribution in [0.3, 0.4) is 0 Å². The molecule has 2 bridgehead atoms. The summed E-state index contributed by atoms with van der Waals surface area (Å²) in [6, 6.07) is 0. The van der Waals surface area contributed by atoms with Crippen LogP contribution >= 0.6 is 15.9 Å². The minimum absolute atomic E-state index is 0.0960. The summed E-state index contributed by atoms with van der Waals surface area (Å²) in [4.78, 5) is 14.5. The Morgan fingerprint density at radius 3 is 2.32 bits per heavy atom. The van der Waals surface area contributed by atoms with E-state index in [0.717, 1.165) is 25.9 Å². The number of rotatable bonds is 3. The molecule has 3 fully saturated rings. The smallest absolute Gasteiger partial charge is 0.214 e. The highest BCUT2D eigenvalue weighted by molar-refractivity contribution is 9.10. The van der Waals surface area contributed by atoms with Crippen molar-refractivity contribution in [1.29, 1.82) is 0 Å². The van der Waals surface area contributed by atoms with Gasteiger partial charge in [-0.25, -0.2) is 8.42 Å². The average Bonchev–Trinajstić information content (AvgIpc) is 2.75. The summed E-state index contributed by atoms with van der Waals surface area (Å²) in [7, 11) is -1.31. The summed E-state index contributed by atoms with van der Waals surface area (Å²) in [5.41, 5.74) is -0.966. The normalized spacial score (nSPS) is 43.9. The third-order valence-corrected chi connectivity index (χ3v) is 9.69. The van der Waals surface area contributed by atoms with Crippen LogP contribution in [0.5, 0.6) is 0 Å². The van der Waals surface area contributed by atoms with E-state index in [1.165, 1.54) is 0 Å². The molecular weight excluding hydrogens is 368 g/mol. The molecular formula is C15H25BrN2O3S. The van der Waals surface area contributed by atoms with Crippen LogP contribution in [-0.4, -0.2) is 67.2 Å². The quantitative estimate of drug-likeness (QED) is 0.679. The SMILES string of the molecule is CN1CCN(S(=O)(=O)C[C@@]2(C)[C@H]3CC[C@@]2(C)C(=O)[C@@H]3Br)CC1. The lowest BCUT2D eigenvalue weighted by Gasteiger charge is -2.39. The molecule has 1 heterocycles. The Balaban J connectivity index is 1.85. The number of halogens is 1. The molecule has 126 valence electrons. The number of carbonyl (C=O) groups is 1. The molecule has 2 saturated carbocycles. The molecule has 22 heavy (non-hydrogen) atoms. The highest BCUT2D eigenvalue weighted by Gasteiger charge is 2.68. The first-order chi connectivity index (χ1) is 10.1. The van der Waals surface area contributed by atoms with Crippen LogP contribution in [0.1, 0.15) is 26.7 Å². The molecule has 0 aromatic heterocycles. The van der Waals surface area contributed by atoms with Gasteiger partial charge in [0.1, 0.15) is 0 Å². The molecule has 0 spiro atoms. The van der Waals surface area contributed by atoms with E-state index in [1.54, 1.807) is 4.31 Å². The van der Waals surface area contributed by atoms with Gasteiger partial charge in [-0.15, -0.1) is 0 Å². The van der Waals surface area contributed by atoms with Crippen LogP contribution in [0, 0.1) is 16.7 Å². The van der Waals surface area contributed by atoms with E-state index in [4.69, 9.17) is 0 Å². The molecule has 4 atom stereocenters. The van der Waals surface area contributed by atoms with Crippen molar-refractivity contribution in [2.75, 3.05) is 39.0 Å². The van der Waals surface area contributed by atoms with Crippen LogP contribution < -0.4 is 0 Å². The summed E-state index contributed by atoms with van der Waals surface area (Å²) in [6.07, 6.45) is 1.75. The van der Waals surface area contributed by atoms with E-state index < -0.39 is 20.9 Å². The van der Waals surface area contributed by atoms with Gasteiger partial charge >= 0.3 is 0 Å². The minimum atomic E-state index is -3.33. The van der Waals surface area contributed by atoms with E-state index in [0.29, 0.717) is 13.1 Å². The Kier molecular flexibility index (Phi) is 4.03. The molecule has 1 saturated heterocycles. The summed E-state index contributed by atoms with van der Waals surface area (Å²) in [5.74, 6) is 0.422. The number of ketones is 1. The largest absolute Gasteiger partial charge is 0.304 e. The third-order valence-electron chi connectivity index (χ3n) is 6.52. The van der Waals surface area contributed by atoms with Crippen molar-refractivity contribution in [2.45, 2.75) is 31.5 Å². The monoisotopic (exact) mass is 392 g/mol. The standard InChI is InChI=1S/C15H25BrN2O3S/c1-14-5-4-11(12(16)13(14)19)15(14,2)10-22(20,21)18-8-6-17(3)7-9-18/h11-12H,4-10H2,1-3H3/t11-,12+,14-,15-/m0/s1. The van der Waals surface area contributed by atoms with Gasteiger partial charge in [0.25, 0.3) is 0 Å². The second-order valence-electron chi connectivity index (χ2n) is 7.62. The predicted octanol–water partition coefficient (Wildman–Crippen LogP) is 1.33. The Bertz CT molecular complexity index is 588. The molecule has 0 amide bonds. The van der Waals surface area contributed by atoms with Gasteiger partial charge < -0.3 is 4.90 Å². The number of hydrogen-bond acceptors (Lipinski definition) is 4. The summed E-state index contributed by atoms with van der Waals surface area (Å²) in [5, 5.41) is 0. The zero-order valence-corrected chi connectivity index (χ0v) is 15.9. The van der Waals surface area contributed by atoms with E-state index in [9.17, 15) is 13.2 Å². The lowest BCUT2D eigenvalue weighted by atomic mass is 9.70. The number of sulfonamides is 1. The fraction of sp³-hybridized carbons (Fsp3) is 0.933. The molecule has 3 rings (SSSR count). The molecule has 0 unspecified atom stereocenters. The zero-order chi connectivity index (χ0) is 16.3. The fourth-order valence-corrected chi connectivity index (χ4v) is 8.17. The summed E-state index contributed by atoms with van der Waals surface area (Å²) >= 11 is 3.52. The molecule has 1 aliphatic heterocycles. The van der Waals surface area contributed by atoms with E-state index in [1.807, 2.05) is 20.9 Å². The van der Waals surface area contributed by atoms with Crippen molar-refractivity contribution in [3.63, 3.8) is 0 Å². The summed E-state index contributed by atoms with van der Waals surface area (Å²) < 4.78 is 27.4. The fourth-order valence-electron chi connectivity index (χ4n) is 4.62. The highest BCUT2D eigenvalue weighted by atomic mass is 79.9. The number of likely N-dealkylation sites (N-methyl/N-ethyl adjacent to an activating group) is 1. The van der Waals surface area contributed by atoms with Gasteiger partial charge in [-0.3, -0.25) is 4.79 Å². The van der Waals surface area contributed by atoms with Crippen LogP contribution in [-0.2, 0) is 14.8 Å². The van der Waals surface area contributed by atoms with Crippen molar-refractivity contribution in [2.24, 2.45) is 16.7 Å². The minimum Gasteiger partial charge on any atom is -0.304 e. The van der Waals surface area contributed by atoms with Crippen molar-refractivity contribution in [3.8, 4) is 0 Å². The topological polar surface area (TPSA) is 57.7 Å². The van der Waals surface area contributed by atoms with Crippen LogP contribution in [0.15, 0.2) is 0 Å². The molecule has 5 nitrogen and oxygen atoms in total. The van der Waals surface area contributed by atoms with Crippen LogP contribution in [0.2, 0.25) is 0 Å². The lowest BCUT2D eigenvalue weighted by molar-refractivity contribution is -0.127. The van der Waals surface area contributed by atoms with Gasteiger partial charge in [0.05, 0.1) is 10.6 Å². The second-order valence-corrected chi connectivity index (χ2v) is 10.6. The number of nitrogens with zero attached hydrogens (tertiary/aromatic N) is 2. The number of hydrogen-bond donors (Lipinski definition) is 0. The first-order valence-corrected chi connectivity index (χ1v) is 10.5. The predicted molar refractivity (Wildman–Crippen MR) is 89.5 cm³/mol. The van der Waals surface area contributed by atoms with Crippen molar-refractivity contribution >= 4 is 31.7 Å². The van der Waals surface area contributed by atoms with Crippen LogP contribution in [0.4, 0.5) is 0 Å².